The number of likely N-dealkylation sites (N-methyl/N-ethyl adjacent to an activating group) is 1. The van der Waals surface area contributed by atoms with E-state index in [0.29, 0.717) is 17.9 Å². The summed E-state index contributed by atoms with van der Waals surface area (Å²) in [5, 5.41) is 6.66. The van der Waals surface area contributed by atoms with Gasteiger partial charge in [-0.15, -0.1) is 0 Å². The summed E-state index contributed by atoms with van der Waals surface area (Å²) in [6, 6.07) is 16.8. The van der Waals surface area contributed by atoms with Crippen LogP contribution in [0.5, 0.6) is 5.75 Å². The second-order valence-corrected chi connectivity index (χ2v) is 6.34. The van der Waals surface area contributed by atoms with Gasteiger partial charge in [-0.3, -0.25) is 9.59 Å². The van der Waals surface area contributed by atoms with Crippen LogP contribution in [-0.2, 0) is 14.4 Å². The number of rotatable bonds is 3. The summed E-state index contributed by atoms with van der Waals surface area (Å²) in [7, 11) is 1.54. The minimum Gasteiger partial charge on any atom is -0.477 e. The first kappa shape index (κ1) is 17.1. The van der Waals surface area contributed by atoms with Crippen LogP contribution < -0.4 is 15.0 Å². The van der Waals surface area contributed by atoms with Gasteiger partial charge in [-0.05, 0) is 17.7 Å². The summed E-state index contributed by atoms with van der Waals surface area (Å²) in [6.07, 6.45) is -1.12. The lowest BCUT2D eigenvalue weighted by Crippen LogP contribution is -2.52. The van der Waals surface area contributed by atoms with Gasteiger partial charge in [0.2, 0.25) is 6.10 Å². The molecule has 0 aliphatic carbocycles. The first-order valence-electron chi connectivity index (χ1n) is 8.74. The number of ether oxygens (including phenoxy) is 1. The fourth-order valence-corrected chi connectivity index (χ4v) is 3.23. The molecule has 27 heavy (non-hydrogen) atoms. The van der Waals surface area contributed by atoms with Crippen LogP contribution >= 0.6 is 0 Å². The number of carbonyl (C=O) groups is 2. The Hall–Kier alpha value is -3.35. The zero-order valence-electron chi connectivity index (χ0n) is 14.8. The van der Waals surface area contributed by atoms with E-state index in [-0.39, 0.29) is 18.4 Å². The van der Waals surface area contributed by atoms with Crippen molar-refractivity contribution in [2.75, 3.05) is 18.5 Å². The van der Waals surface area contributed by atoms with Crippen molar-refractivity contribution in [2.24, 2.45) is 5.16 Å². The maximum atomic E-state index is 13.1. The number of fused-ring (bicyclic) bond motifs is 1. The number of oxime groups is 1. The summed E-state index contributed by atoms with van der Waals surface area (Å²) in [6.45, 7) is 0.121. The molecule has 0 saturated carbocycles. The molecule has 2 atom stereocenters. The van der Waals surface area contributed by atoms with Gasteiger partial charge in [0.05, 0.1) is 17.9 Å². The zero-order valence-corrected chi connectivity index (χ0v) is 14.8. The summed E-state index contributed by atoms with van der Waals surface area (Å²) >= 11 is 0. The van der Waals surface area contributed by atoms with Crippen molar-refractivity contribution in [2.45, 2.75) is 18.6 Å². The third-order valence-electron chi connectivity index (χ3n) is 4.63. The Labute approximate surface area is 156 Å². The largest absolute Gasteiger partial charge is 0.477 e. The Bertz CT molecular complexity index is 897. The molecule has 7 nitrogen and oxygen atoms in total. The number of para-hydroxylation sites is 2. The van der Waals surface area contributed by atoms with Crippen LogP contribution in [0.3, 0.4) is 0 Å². The van der Waals surface area contributed by atoms with Crippen molar-refractivity contribution in [3.63, 3.8) is 0 Å². The molecular formula is C20H19N3O4. The average molecular weight is 365 g/mol. The van der Waals surface area contributed by atoms with E-state index < -0.39 is 12.2 Å². The second kappa shape index (κ2) is 7.11. The number of hydrogen-bond acceptors (Lipinski definition) is 5. The Morgan fingerprint density at radius 1 is 1.07 bits per heavy atom. The molecule has 1 N–H and O–H groups in total. The standard InChI is InChI=1S/C20H19N3O4/c1-21-19(24)18-12-23(15-9-5-6-10-16(15)26-18)20(25)17-11-14(22-27-17)13-7-3-2-4-8-13/h2-10,17-18H,11-12H2,1H3,(H,21,24)/t17-,18+/m0/s1. The van der Waals surface area contributed by atoms with Crippen LogP contribution in [0.15, 0.2) is 59.8 Å². The third-order valence-corrected chi connectivity index (χ3v) is 4.63. The molecule has 0 aromatic heterocycles. The van der Waals surface area contributed by atoms with Crippen molar-refractivity contribution in [1.82, 2.24) is 5.32 Å². The third kappa shape index (κ3) is 3.23. The predicted octanol–water partition coefficient (Wildman–Crippen LogP) is 1.72. The van der Waals surface area contributed by atoms with Gasteiger partial charge in [-0.25, -0.2) is 0 Å². The van der Waals surface area contributed by atoms with E-state index in [0.717, 1.165) is 11.3 Å². The van der Waals surface area contributed by atoms with Crippen molar-refractivity contribution in [3.05, 3.63) is 60.2 Å². The predicted molar refractivity (Wildman–Crippen MR) is 99.7 cm³/mol. The van der Waals surface area contributed by atoms with E-state index in [2.05, 4.69) is 10.5 Å². The normalized spacial score (nSPS) is 20.8. The highest BCUT2D eigenvalue weighted by Gasteiger charge is 2.39. The Morgan fingerprint density at radius 2 is 1.81 bits per heavy atom. The molecule has 0 saturated heterocycles. The number of carbonyl (C=O) groups excluding carboxylic acids is 2. The lowest BCUT2D eigenvalue weighted by molar-refractivity contribution is -0.130. The summed E-state index contributed by atoms with van der Waals surface area (Å²) in [5.41, 5.74) is 2.29. The average Bonchev–Trinajstić information content (AvgIpc) is 3.22. The summed E-state index contributed by atoms with van der Waals surface area (Å²) < 4.78 is 5.74. The van der Waals surface area contributed by atoms with Crippen LogP contribution in [0.2, 0.25) is 0 Å². The smallest absolute Gasteiger partial charge is 0.271 e. The SMILES string of the molecule is CNC(=O)[C@H]1CN(C(=O)[C@@H]2CC(c3ccccc3)=NO2)c2ccccc2O1. The second-order valence-electron chi connectivity index (χ2n) is 6.34. The molecule has 2 aliphatic rings. The number of nitrogens with zero attached hydrogens (tertiary/aromatic N) is 2. The molecule has 2 aromatic rings. The van der Waals surface area contributed by atoms with E-state index in [9.17, 15) is 9.59 Å². The lowest BCUT2D eigenvalue weighted by atomic mass is 10.0. The van der Waals surface area contributed by atoms with E-state index in [1.807, 2.05) is 36.4 Å². The van der Waals surface area contributed by atoms with Crippen molar-refractivity contribution in [1.29, 1.82) is 0 Å². The van der Waals surface area contributed by atoms with Gasteiger partial charge in [-0.1, -0.05) is 47.6 Å². The van der Waals surface area contributed by atoms with Crippen molar-refractivity contribution < 1.29 is 19.2 Å². The number of hydrogen-bond donors (Lipinski definition) is 1. The van der Waals surface area contributed by atoms with Gasteiger partial charge in [0.15, 0.2) is 6.10 Å². The van der Waals surface area contributed by atoms with Crippen LogP contribution in [-0.4, -0.2) is 43.3 Å². The van der Waals surface area contributed by atoms with Crippen LogP contribution in [0.4, 0.5) is 5.69 Å². The van der Waals surface area contributed by atoms with Gasteiger partial charge < -0.3 is 19.8 Å². The van der Waals surface area contributed by atoms with Gasteiger partial charge in [0.1, 0.15) is 5.75 Å². The highest BCUT2D eigenvalue weighted by atomic mass is 16.6. The monoisotopic (exact) mass is 365 g/mol. The van der Waals surface area contributed by atoms with Crippen molar-refractivity contribution in [3.8, 4) is 5.75 Å². The molecule has 0 fully saturated rings. The molecule has 0 bridgehead atoms. The molecule has 2 aliphatic heterocycles. The van der Waals surface area contributed by atoms with Crippen LogP contribution in [0.1, 0.15) is 12.0 Å². The molecule has 7 heteroatoms. The lowest BCUT2D eigenvalue weighted by Gasteiger charge is -2.34. The van der Waals surface area contributed by atoms with E-state index in [1.54, 1.807) is 30.1 Å². The van der Waals surface area contributed by atoms with Crippen LogP contribution in [0, 0.1) is 0 Å². The molecule has 0 spiro atoms. The fourth-order valence-electron chi connectivity index (χ4n) is 3.23. The maximum absolute atomic E-state index is 13.1. The molecule has 2 amide bonds. The fraction of sp³-hybridized carbons (Fsp3) is 0.250. The minimum absolute atomic E-state index is 0.121. The quantitative estimate of drug-likeness (QED) is 0.898. The van der Waals surface area contributed by atoms with Crippen molar-refractivity contribution >= 4 is 23.2 Å². The molecular weight excluding hydrogens is 346 g/mol. The molecule has 138 valence electrons. The maximum Gasteiger partial charge on any atom is 0.271 e. The number of nitrogens with one attached hydrogen (secondary N) is 1. The van der Waals surface area contributed by atoms with E-state index >= 15 is 0 Å². The minimum atomic E-state index is -0.773. The Morgan fingerprint density at radius 3 is 2.59 bits per heavy atom. The molecule has 2 heterocycles. The highest BCUT2D eigenvalue weighted by molar-refractivity contribution is 6.07. The molecule has 0 unspecified atom stereocenters. The number of amides is 2. The Kier molecular flexibility index (Phi) is 4.50. The van der Waals surface area contributed by atoms with Gasteiger partial charge >= 0.3 is 0 Å². The topological polar surface area (TPSA) is 80.2 Å². The van der Waals surface area contributed by atoms with Gasteiger partial charge in [0.25, 0.3) is 11.8 Å². The summed E-state index contributed by atoms with van der Waals surface area (Å²) in [5.74, 6) is -0.0295. The Balaban J connectivity index is 1.55. The molecule has 0 radical (unpaired) electrons. The van der Waals surface area contributed by atoms with Gasteiger partial charge in [0, 0.05) is 13.5 Å². The summed E-state index contributed by atoms with van der Waals surface area (Å²) in [4.78, 5) is 32.2. The number of anilines is 1. The van der Waals surface area contributed by atoms with Gasteiger partial charge in [-0.2, -0.15) is 0 Å². The highest BCUT2D eigenvalue weighted by Crippen LogP contribution is 2.34. The van der Waals surface area contributed by atoms with E-state index in [4.69, 9.17) is 9.57 Å². The molecule has 4 rings (SSSR count). The number of benzene rings is 2. The molecule has 2 aromatic carbocycles. The first-order valence-corrected chi connectivity index (χ1v) is 8.74. The first-order chi connectivity index (χ1) is 13.2. The zero-order chi connectivity index (χ0) is 18.8. The van der Waals surface area contributed by atoms with Crippen LogP contribution in [0.25, 0.3) is 0 Å². The van der Waals surface area contributed by atoms with E-state index in [1.165, 1.54) is 0 Å².